The van der Waals surface area contributed by atoms with Crippen molar-refractivity contribution < 1.29 is 14.4 Å². The highest BCUT2D eigenvalue weighted by atomic mass is 32.1. The molecule has 1 N–H and O–H groups in total. The van der Waals surface area contributed by atoms with E-state index in [9.17, 15) is 14.4 Å². The van der Waals surface area contributed by atoms with E-state index in [1.165, 1.54) is 16.2 Å². The van der Waals surface area contributed by atoms with Crippen molar-refractivity contribution in [3.05, 3.63) is 17.2 Å². The average Bonchev–Trinajstić information content (AvgIpc) is 3.33. The third-order valence-corrected chi connectivity index (χ3v) is 6.20. The zero-order valence-corrected chi connectivity index (χ0v) is 14.8. The van der Waals surface area contributed by atoms with E-state index in [0.29, 0.717) is 5.13 Å². The Morgan fingerprint density at radius 2 is 1.92 bits per heavy atom. The van der Waals surface area contributed by atoms with Gasteiger partial charge >= 0.3 is 0 Å². The normalized spacial score (nSPS) is 29.6. The zero-order valence-electron chi connectivity index (χ0n) is 14.0. The van der Waals surface area contributed by atoms with Gasteiger partial charge in [0.05, 0.1) is 11.8 Å². The molecule has 4 atom stereocenters. The summed E-state index contributed by atoms with van der Waals surface area (Å²) in [5.74, 6) is -0.484. The second-order valence-electron chi connectivity index (χ2n) is 6.88. The molecular formula is C17H20N4O3S. The van der Waals surface area contributed by atoms with Crippen molar-refractivity contribution in [2.24, 2.45) is 23.7 Å². The Morgan fingerprint density at radius 1 is 1.24 bits per heavy atom. The molecule has 1 aromatic heterocycles. The number of nitrogens with one attached hydrogen (secondary N) is 1. The Hall–Kier alpha value is -2.09. The number of aromatic nitrogens is 2. The second-order valence-corrected chi connectivity index (χ2v) is 7.94. The maximum absolute atomic E-state index is 12.6. The maximum Gasteiger partial charge on any atom is 0.233 e. The molecule has 1 aliphatic heterocycles. The monoisotopic (exact) mass is 360 g/mol. The number of anilines is 1. The van der Waals surface area contributed by atoms with E-state index < -0.39 is 0 Å². The molecule has 132 valence electrons. The van der Waals surface area contributed by atoms with Gasteiger partial charge in [0.25, 0.3) is 0 Å². The predicted molar refractivity (Wildman–Crippen MR) is 91.6 cm³/mol. The van der Waals surface area contributed by atoms with Crippen LogP contribution in [0.2, 0.25) is 0 Å². The number of hydrogen-bond donors (Lipinski definition) is 1. The minimum atomic E-state index is -0.252. The van der Waals surface area contributed by atoms with Crippen LogP contribution in [-0.4, -0.2) is 39.4 Å². The summed E-state index contributed by atoms with van der Waals surface area (Å²) >= 11 is 1.36. The van der Waals surface area contributed by atoms with Crippen molar-refractivity contribution in [3.63, 3.8) is 0 Å². The van der Waals surface area contributed by atoms with E-state index in [1.54, 1.807) is 0 Å². The van der Waals surface area contributed by atoms with Crippen LogP contribution in [-0.2, 0) is 20.8 Å². The fraction of sp³-hybridized carbons (Fsp3) is 0.588. The summed E-state index contributed by atoms with van der Waals surface area (Å²) in [7, 11) is 0. The lowest BCUT2D eigenvalue weighted by Crippen LogP contribution is -2.35. The average molecular weight is 360 g/mol. The topological polar surface area (TPSA) is 92.3 Å². The molecule has 4 rings (SSSR count). The number of fused-ring (bicyclic) bond motifs is 5. The number of nitrogens with zero attached hydrogens (tertiary/aromatic N) is 3. The molecule has 2 bridgehead atoms. The van der Waals surface area contributed by atoms with Crippen LogP contribution in [0.5, 0.6) is 0 Å². The lowest BCUT2D eigenvalue weighted by Gasteiger charge is -2.16. The second kappa shape index (κ2) is 6.33. The molecule has 3 amide bonds. The van der Waals surface area contributed by atoms with Crippen molar-refractivity contribution >= 4 is 34.2 Å². The third kappa shape index (κ3) is 2.78. The number of carbonyl (C=O) groups is 3. The van der Waals surface area contributed by atoms with Crippen molar-refractivity contribution in [1.29, 1.82) is 0 Å². The Bertz CT molecular complexity index is 729. The minimum Gasteiger partial charge on any atom is -0.300 e. The molecule has 2 aliphatic carbocycles. The van der Waals surface area contributed by atoms with Gasteiger partial charge in [-0.15, -0.1) is 10.2 Å². The number of aryl methyl sites for hydroxylation is 1. The van der Waals surface area contributed by atoms with E-state index in [1.807, 2.05) is 0 Å². The highest BCUT2D eigenvalue weighted by Crippen LogP contribution is 2.52. The van der Waals surface area contributed by atoms with Gasteiger partial charge < -0.3 is 5.32 Å². The molecule has 0 radical (unpaired) electrons. The van der Waals surface area contributed by atoms with Gasteiger partial charge in [-0.1, -0.05) is 30.4 Å². The van der Waals surface area contributed by atoms with Gasteiger partial charge in [0.1, 0.15) is 5.01 Å². The molecule has 25 heavy (non-hydrogen) atoms. The van der Waals surface area contributed by atoms with Crippen molar-refractivity contribution in [2.45, 2.75) is 32.6 Å². The first-order valence-electron chi connectivity index (χ1n) is 8.74. The van der Waals surface area contributed by atoms with Crippen LogP contribution < -0.4 is 5.32 Å². The minimum absolute atomic E-state index is 0.0857. The Balaban J connectivity index is 1.33. The first kappa shape index (κ1) is 16.4. The van der Waals surface area contributed by atoms with E-state index in [4.69, 9.17) is 0 Å². The lowest BCUT2D eigenvalue weighted by molar-refractivity contribution is -0.140. The fourth-order valence-electron chi connectivity index (χ4n) is 4.20. The summed E-state index contributed by atoms with van der Waals surface area (Å²) < 4.78 is 0. The lowest BCUT2D eigenvalue weighted by atomic mass is 9.85. The molecule has 0 spiro atoms. The van der Waals surface area contributed by atoms with Crippen LogP contribution in [0.15, 0.2) is 12.2 Å². The highest BCUT2D eigenvalue weighted by molar-refractivity contribution is 7.15. The summed E-state index contributed by atoms with van der Waals surface area (Å²) in [5.41, 5.74) is 0. The number of hydrogen-bond acceptors (Lipinski definition) is 6. The van der Waals surface area contributed by atoms with Gasteiger partial charge in [0.15, 0.2) is 0 Å². The Labute approximate surface area is 149 Å². The summed E-state index contributed by atoms with van der Waals surface area (Å²) in [5, 5.41) is 12.0. The van der Waals surface area contributed by atoms with Crippen LogP contribution >= 0.6 is 11.3 Å². The van der Waals surface area contributed by atoms with Crippen LogP contribution in [0.4, 0.5) is 5.13 Å². The third-order valence-electron chi connectivity index (χ3n) is 5.30. The van der Waals surface area contributed by atoms with Crippen LogP contribution in [0, 0.1) is 23.7 Å². The first-order chi connectivity index (χ1) is 12.1. The molecular weight excluding hydrogens is 340 g/mol. The maximum atomic E-state index is 12.6. The molecule has 8 heteroatoms. The Kier molecular flexibility index (Phi) is 4.15. The van der Waals surface area contributed by atoms with Gasteiger partial charge in [-0.2, -0.15) is 0 Å². The number of carbonyl (C=O) groups excluding carboxylic acids is 3. The van der Waals surface area contributed by atoms with E-state index >= 15 is 0 Å². The van der Waals surface area contributed by atoms with Crippen LogP contribution in [0.3, 0.4) is 0 Å². The van der Waals surface area contributed by atoms with Crippen LogP contribution in [0.25, 0.3) is 0 Å². The summed E-state index contributed by atoms with van der Waals surface area (Å²) in [6.45, 7) is 2.19. The molecule has 1 aromatic rings. The van der Waals surface area contributed by atoms with E-state index in [-0.39, 0.29) is 54.4 Å². The largest absolute Gasteiger partial charge is 0.300 e. The SMILES string of the molecule is CCCc1nnc(NC(=O)CCN2C(=O)[C@@H]3[C@H](C2=O)[C@H]2C=C[C@H]3C2)s1. The number of likely N-dealkylation sites (tertiary alicyclic amines) is 1. The van der Waals surface area contributed by atoms with Gasteiger partial charge in [0, 0.05) is 19.4 Å². The fourth-order valence-corrected chi connectivity index (χ4v) is 5.06. The summed E-state index contributed by atoms with van der Waals surface area (Å²) in [4.78, 5) is 38.5. The van der Waals surface area contributed by atoms with Crippen molar-refractivity contribution in [2.75, 3.05) is 11.9 Å². The van der Waals surface area contributed by atoms with E-state index in [2.05, 4.69) is 34.6 Å². The smallest absolute Gasteiger partial charge is 0.233 e. The molecule has 2 heterocycles. The van der Waals surface area contributed by atoms with Gasteiger partial charge in [-0.25, -0.2) is 0 Å². The number of rotatable bonds is 6. The molecule has 1 saturated heterocycles. The standard InChI is InChI=1S/C17H20N4O3S/c1-2-3-12-19-20-17(25-12)18-11(22)6-7-21-15(23)13-9-4-5-10(8-9)14(13)16(21)24/h4-5,9-10,13-14H,2-3,6-8H2,1H3,(H,18,20,22)/t9-,10-,13-,14+/m0/s1. The number of imide groups is 1. The number of allylic oxidation sites excluding steroid dienone is 2. The molecule has 0 aromatic carbocycles. The molecule has 0 unspecified atom stereocenters. The van der Waals surface area contributed by atoms with Crippen LogP contribution in [0.1, 0.15) is 31.2 Å². The van der Waals surface area contributed by atoms with Crippen molar-refractivity contribution in [3.8, 4) is 0 Å². The quantitative estimate of drug-likeness (QED) is 0.615. The van der Waals surface area contributed by atoms with Gasteiger partial charge in [0.2, 0.25) is 22.9 Å². The number of amides is 3. The summed E-state index contributed by atoms with van der Waals surface area (Å²) in [6.07, 6.45) is 6.94. The molecule has 1 saturated carbocycles. The first-order valence-corrected chi connectivity index (χ1v) is 9.56. The van der Waals surface area contributed by atoms with Gasteiger partial charge in [-0.05, 0) is 24.7 Å². The zero-order chi connectivity index (χ0) is 17.6. The predicted octanol–water partition coefficient (Wildman–Crippen LogP) is 1.63. The van der Waals surface area contributed by atoms with Crippen molar-refractivity contribution in [1.82, 2.24) is 15.1 Å². The van der Waals surface area contributed by atoms with Gasteiger partial charge in [-0.3, -0.25) is 19.3 Å². The molecule has 2 fully saturated rings. The molecule has 7 nitrogen and oxygen atoms in total. The van der Waals surface area contributed by atoms with E-state index in [0.717, 1.165) is 24.3 Å². The summed E-state index contributed by atoms with van der Waals surface area (Å²) in [6, 6.07) is 0. The molecule has 3 aliphatic rings. The Morgan fingerprint density at radius 3 is 2.56 bits per heavy atom. The highest BCUT2D eigenvalue weighted by Gasteiger charge is 2.58.